The van der Waals surface area contributed by atoms with Crippen molar-refractivity contribution < 1.29 is 0 Å². The number of hydrogen-bond donors (Lipinski definition) is 0. The standard InChI is InChI=1S/C68H70N2P4Si3/c1-67(2,3)59-45-57(51-39-27-17-28-40-51)65(73-69-59)76(9,10)63-55(49-35-23-15-24-36-49)43-53(47-31-19-13-20-32-47)61(71-63)75(7,8)62-54(48-33-21-14-22-34-48)44-56(50-37-25-16-26-38-50)64(72-62)77(11,12)66-58(52-41-29-18-30-42-52)46-60(70-74-66)68(4,5)6/h13-46H,1-12H3. The lowest BCUT2D eigenvalue weighted by molar-refractivity contribution is 0.574. The second-order valence-electron chi connectivity index (χ2n) is 24.1. The number of aromatic nitrogens is 2. The van der Waals surface area contributed by atoms with Crippen LogP contribution >= 0.6 is 33.1 Å². The fraction of sp³-hybridized carbons (Fsp3) is 0.206. The molecule has 0 bridgehead atoms. The predicted molar refractivity (Wildman–Crippen MR) is 352 cm³/mol. The van der Waals surface area contributed by atoms with Crippen molar-refractivity contribution in [3.8, 4) is 66.8 Å². The van der Waals surface area contributed by atoms with Crippen molar-refractivity contribution in [2.45, 2.75) is 91.7 Å². The van der Waals surface area contributed by atoms with Gasteiger partial charge in [-0.1, -0.05) is 279 Å². The van der Waals surface area contributed by atoms with E-state index in [0.717, 1.165) is 28.1 Å². The van der Waals surface area contributed by atoms with Crippen molar-refractivity contribution in [1.29, 1.82) is 0 Å². The third-order valence-electron chi connectivity index (χ3n) is 15.2. The second kappa shape index (κ2) is 21.9. The highest BCUT2D eigenvalue weighted by Gasteiger charge is 2.42. The summed E-state index contributed by atoms with van der Waals surface area (Å²) < 4.78 is 10.9. The normalized spacial score (nSPS) is 12.8. The van der Waals surface area contributed by atoms with Crippen molar-refractivity contribution in [3.63, 3.8) is 0 Å². The van der Waals surface area contributed by atoms with Crippen molar-refractivity contribution in [3.05, 3.63) is 218 Å². The number of benzene rings is 6. The van der Waals surface area contributed by atoms with Crippen LogP contribution < -0.4 is 29.5 Å². The van der Waals surface area contributed by atoms with Gasteiger partial charge in [-0.2, -0.15) is 0 Å². The Morgan fingerprint density at radius 1 is 0.273 bits per heavy atom. The first-order chi connectivity index (χ1) is 36.7. The highest BCUT2D eigenvalue weighted by atomic mass is 31.1. The quantitative estimate of drug-likeness (QED) is 0.114. The minimum atomic E-state index is -2.69. The van der Waals surface area contributed by atoms with Crippen molar-refractivity contribution in [1.82, 2.24) is 9.49 Å². The molecule has 0 aliphatic rings. The molecule has 2 nitrogen and oxygen atoms in total. The van der Waals surface area contributed by atoms with E-state index in [-0.39, 0.29) is 10.8 Å². The van der Waals surface area contributed by atoms with Crippen LogP contribution in [0, 0.1) is 0 Å². The van der Waals surface area contributed by atoms with Crippen LogP contribution in [0.3, 0.4) is 0 Å². The maximum absolute atomic E-state index is 5.45. The molecule has 0 spiro atoms. The van der Waals surface area contributed by atoms with Crippen molar-refractivity contribution >= 4 is 86.8 Å². The molecule has 0 atom stereocenters. The van der Waals surface area contributed by atoms with E-state index in [9.17, 15) is 0 Å². The third kappa shape index (κ3) is 11.1. The molecular formula is C68H70N2P4Si3. The second-order valence-corrected chi connectivity index (χ2v) is 43.3. The Balaban J connectivity index is 1.31. The van der Waals surface area contributed by atoms with Gasteiger partial charge in [0.15, 0.2) is 0 Å². The summed E-state index contributed by atoms with van der Waals surface area (Å²) in [7, 11) is -3.02. The van der Waals surface area contributed by atoms with E-state index in [2.05, 4.69) is 287 Å². The Morgan fingerprint density at radius 2 is 0.468 bits per heavy atom. The summed E-state index contributed by atoms with van der Waals surface area (Å²) in [6.45, 7) is 29.6. The van der Waals surface area contributed by atoms with Gasteiger partial charge >= 0.3 is 0 Å². The first kappa shape index (κ1) is 54.8. The molecule has 0 aliphatic carbocycles. The fourth-order valence-electron chi connectivity index (χ4n) is 10.7. The molecule has 9 heteroatoms. The molecule has 0 unspecified atom stereocenters. The Morgan fingerprint density at radius 3 is 0.675 bits per heavy atom. The Hall–Kier alpha value is -5.57. The molecule has 384 valence electrons. The van der Waals surface area contributed by atoms with E-state index in [1.165, 1.54) is 93.0 Å². The van der Waals surface area contributed by atoms with Gasteiger partial charge in [0, 0.05) is 27.5 Å². The van der Waals surface area contributed by atoms with Gasteiger partial charge in [-0.05, 0) is 121 Å². The first-order valence-corrected chi connectivity index (χ1v) is 39.4. The summed E-state index contributed by atoms with van der Waals surface area (Å²) in [6, 6.07) is 77.6. The SMILES string of the molecule is CC(C)(C)c1cc(-c2ccccc2)c([Si](C)(C)c2pc([Si](C)(C)c3pc([Si](C)(C)c4pnc(C(C)(C)C)cc4-c4ccccc4)c(-c4ccccc4)cc3-c3ccccc3)c(-c3ccccc3)cc2-c2ccccc2)pn1. The van der Waals surface area contributed by atoms with E-state index < -0.39 is 24.2 Å². The average Bonchev–Trinajstić information content (AvgIpc) is 3.46. The largest absolute Gasteiger partial charge is 0.232 e. The average molecular weight is 1120 g/mol. The smallest absolute Gasteiger partial charge is 0.127 e. The van der Waals surface area contributed by atoms with E-state index in [1.807, 2.05) is 0 Å². The highest BCUT2D eigenvalue weighted by molar-refractivity contribution is 7.59. The molecule has 0 amide bonds. The van der Waals surface area contributed by atoms with Gasteiger partial charge in [0.25, 0.3) is 0 Å². The van der Waals surface area contributed by atoms with Crippen LogP contribution in [-0.4, -0.2) is 33.7 Å². The van der Waals surface area contributed by atoms with Crippen LogP contribution in [0.4, 0.5) is 0 Å². The van der Waals surface area contributed by atoms with Gasteiger partial charge in [0.2, 0.25) is 0 Å². The highest BCUT2D eigenvalue weighted by Crippen LogP contribution is 2.40. The topological polar surface area (TPSA) is 25.8 Å². The maximum atomic E-state index is 5.45. The predicted octanol–water partition coefficient (Wildman–Crippen LogP) is 17.9. The zero-order valence-corrected chi connectivity index (χ0v) is 53.4. The van der Waals surface area contributed by atoms with Crippen LogP contribution in [0.25, 0.3) is 66.8 Å². The molecular weight excluding hydrogens is 1050 g/mol. The molecule has 0 fully saturated rings. The van der Waals surface area contributed by atoms with Crippen LogP contribution in [0.5, 0.6) is 0 Å². The Bertz CT molecular complexity index is 3470. The molecule has 6 aromatic carbocycles. The van der Waals surface area contributed by atoms with E-state index in [1.54, 1.807) is 19.7 Å². The first-order valence-electron chi connectivity index (χ1n) is 27.0. The monoisotopic (exact) mass is 1120 g/mol. The molecule has 4 heterocycles. The van der Waals surface area contributed by atoms with Crippen LogP contribution in [-0.2, 0) is 10.8 Å². The van der Waals surface area contributed by atoms with Gasteiger partial charge < -0.3 is 0 Å². The third-order valence-corrected chi connectivity index (χ3v) is 39.3. The summed E-state index contributed by atoms with van der Waals surface area (Å²) in [4.78, 5) is 9.24. The Kier molecular flexibility index (Phi) is 15.6. The lowest BCUT2D eigenvalue weighted by Gasteiger charge is -2.35. The van der Waals surface area contributed by atoms with Gasteiger partial charge in [-0.15, -0.1) is 0 Å². The van der Waals surface area contributed by atoms with Gasteiger partial charge in [-0.25, -0.2) is 9.49 Å². The lowest BCUT2D eigenvalue weighted by atomic mass is 9.91. The summed E-state index contributed by atoms with van der Waals surface area (Å²) >= 11 is 0. The summed E-state index contributed by atoms with van der Waals surface area (Å²) in [6.07, 6.45) is 0. The molecule has 4 aromatic heterocycles. The minimum absolute atomic E-state index is 0.0751. The van der Waals surface area contributed by atoms with Crippen molar-refractivity contribution in [2.75, 3.05) is 0 Å². The van der Waals surface area contributed by atoms with Gasteiger partial charge in [0.1, 0.15) is 24.2 Å². The van der Waals surface area contributed by atoms with Gasteiger partial charge in [-0.3, -0.25) is 0 Å². The van der Waals surface area contributed by atoms with E-state index in [0.29, 0.717) is 0 Å². The fourth-order valence-corrected chi connectivity index (χ4v) is 31.8. The summed E-state index contributed by atoms with van der Waals surface area (Å²) in [5, 5.41) is 0. The zero-order valence-electron chi connectivity index (χ0n) is 46.8. The Labute approximate surface area is 469 Å². The summed E-state index contributed by atoms with van der Waals surface area (Å²) in [5.74, 6) is 0. The van der Waals surface area contributed by atoms with E-state index >= 15 is 0 Å². The molecule has 0 radical (unpaired) electrons. The number of rotatable bonds is 12. The molecule has 0 saturated carbocycles. The van der Waals surface area contributed by atoms with Crippen molar-refractivity contribution in [2.24, 2.45) is 0 Å². The van der Waals surface area contributed by atoms with Crippen LogP contribution in [0.15, 0.2) is 206 Å². The molecule has 0 aliphatic heterocycles. The minimum Gasteiger partial charge on any atom is -0.232 e. The molecule has 0 N–H and O–H groups in total. The van der Waals surface area contributed by atoms with Crippen LogP contribution in [0.1, 0.15) is 52.9 Å². The van der Waals surface area contributed by atoms with E-state index in [4.69, 9.17) is 9.49 Å². The lowest BCUT2D eigenvalue weighted by Crippen LogP contribution is -2.58. The number of nitrogens with zero attached hydrogens (tertiary/aromatic N) is 2. The summed E-state index contributed by atoms with van der Waals surface area (Å²) in [5.41, 5.74) is 18.0. The molecule has 0 saturated heterocycles. The van der Waals surface area contributed by atoms with Gasteiger partial charge in [0.05, 0.1) is 11.4 Å². The number of hydrogen-bond acceptors (Lipinski definition) is 2. The maximum Gasteiger partial charge on any atom is 0.127 e. The van der Waals surface area contributed by atoms with Crippen LogP contribution in [0.2, 0.25) is 39.3 Å². The molecule has 10 rings (SSSR count). The molecule has 10 aromatic rings. The zero-order chi connectivity index (χ0) is 54.3. The molecule has 77 heavy (non-hydrogen) atoms.